The summed E-state index contributed by atoms with van der Waals surface area (Å²) in [5.74, 6) is 0.189. The number of carbonyl (C=O) groups excluding carboxylic acids is 2. The number of nitrogens with zero attached hydrogens (tertiary/aromatic N) is 2. The molecule has 1 aromatic carbocycles. The second-order valence-corrected chi connectivity index (χ2v) is 8.18. The van der Waals surface area contributed by atoms with Gasteiger partial charge in [-0.05, 0) is 71.0 Å². The molecule has 0 unspecified atom stereocenters. The molecule has 3 rings (SSSR count). The Balaban J connectivity index is 1.51. The van der Waals surface area contributed by atoms with Crippen molar-refractivity contribution >= 4 is 11.7 Å². The number of hydrogen-bond acceptors (Lipinski definition) is 4. The minimum Gasteiger partial charge on any atom is -0.337 e. The summed E-state index contributed by atoms with van der Waals surface area (Å²) >= 11 is 0. The second-order valence-electron chi connectivity index (χ2n) is 8.18. The maximum atomic E-state index is 12.8. The Labute approximate surface area is 161 Å². The second kappa shape index (κ2) is 8.22. The standard InChI is InChI=1S/C22H29N3O2/c1-16-5-6-19(17(2)13-16)21(27)18-7-11-25(12-8-18)14-20(26)24-22(15-23)9-3-4-10-22/h5-6,13,18H,3-4,7-12,14H2,1-2H3,(H,24,26). The molecule has 0 radical (unpaired) electrons. The first-order valence-electron chi connectivity index (χ1n) is 9.98. The molecule has 5 nitrogen and oxygen atoms in total. The molecule has 1 aliphatic carbocycles. The third kappa shape index (κ3) is 4.56. The van der Waals surface area contributed by atoms with Crippen molar-refractivity contribution in [3.8, 4) is 6.07 Å². The first kappa shape index (κ1) is 19.6. The number of nitriles is 1. The Kier molecular flexibility index (Phi) is 5.96. The highest BCUT2D eigenvalue weighted by atomic mass is 16.2. The van der Waals surface area contributed by atoms with E-state index in [0.717, 1.165) is 62.7 Å². The van der Waals surface area contributed by atoms with Gasteiger partial charge in [0.1, 0.15) is 5.54 Å². The molecule has 1 N–H and O–H groups in total. The average Bonchev–Trinajstić information content (AvgIpc) is 3.10. The fourth-order valence-electron chi connectivity index (χ4n) is 4.42. The van der Waals surface area contributed by atoms with Gasteiger partial charge in [-0.1, -0.05) is 23.8 Å². The van der Waals surface area contributed by atoms with Gasteiger partial charge in [-0.25, -0.2) is 0 Å². The van der Waals surface area contributed by atoms with Crippen LogP contribution in [0.15, 0.2) is 18.2 Å². The molecule has 0 bridgehead atoms. The van der Waals surface area contributed by atoms with Crippen LogP contribution < -0.4 is 5.32 Å². The van der Waals surface area contributed by atoms with Crippen LogP contribution in [0.1, 0.15) is 60.0 Å². The Bertz CT molecular complexity index is 751. The normalized spacial score (nSPS) is 20.2. The number of piperidine rings is 1. The highest BCUT2D eigenvalue weighted by Crippen LogP contribution is 2.29. The predicted octanol–water partition coefficient (Wildman–Crippen LogP) is 3.15. The Morgan fingerprint density at radius 2 is 1.89 bits per heavy atom. The number of benzene rings is 1. The molecule has 2 aliphatic rings. The molecule has 1 saturated heterocycles. The average molecular weight is 367 g/mol. The maximum absolute atomic E-state index is 12.8. The summed E-state index contributed by atoms with van der Waals surface area (Å²) in [7, 11) is 0. The molecule has 144 valence electrons. The topological polar surface area (TPSA) is 73.2 Å². The van der Waals surface area contributed by atoms with E-state index in [1.807, 2.05) is 26.0 Å². The third-order valence-corrected chi connectivity index (χ3v) is 6.02. The van der Waals surface area contributed by atoms with Gasteiger partial charge in [0.25, 0.3) is 0 Å². The van der Waals surface area contributed by atoms with Crippen LogP contribution in [0.5, 0.6) is 0 Å². The zero-order valence-electron chi connectivity index (χ0n) is 16.4. The van der Waals surface area contributed by atoms with Crippen molar-refractivity contribution in [2.24, 2.45) is 5.92 Å². The molecule has 5 heteroatoms. The van der Waals surface area contributed by atoms with E-state index < -0.39 is 5.54 Å². The van der Waals surface area contributed by atoms with Crippen LogP contribution in [0.2, 0.25) is 0 Å². The summed E-state index contributed by atoms with van der Waals surface area (Å²) in [6, 6.07) is 8.29. The molecule has 1 amide bonds. The number of amides is 1. The van der Waals surface area contributed by atoms with Gasteiger partial charge in [-0.2, -0.15) is 5.26 Å². The first-order chi connectivity index (χ1) is 12.9. The van der Waals surface area contributed by atoms with Gasteiger partial charge in [0.15, 0.2) is 5.78 Å². The quantitative estimate of drug-likeness (QED) is 0.812. The van der Waals surface area contributed by atoms with Gasteiger partial charge < -0.3 is 5.32 Å². The number of Topliss-reactive ketones (excluding diaryl/α,β-unsaturated/α-hetero) is 1. The lowest BCUT2D eigenvalue weighted by Gasteiger charge is -2.32. The van der Waals surface area contributed by atoms with E-state index in [9.17, 15) is 14.9 Å². The molecule has 1 heterocycles. The molecule has 1 aliphatic heterocycles. The number of ketones is 1. The van der Waals surface area contributed by atoms with Crippen LogP contribution in [-0.2, 0) is 4.79 Å². The molecule has 2 fully saturated rings. The number of nitrogens with one attached hydrogen (secondary N) is 1. The van der Waals surface area contributed by atoms with Crippen molar-refractivity contribution in [2.45, 2.75) is 57.9 Å². The number of aryl methyl sites for hydroxylation is 2. The molecule has 0 atom stereocenters. The van der Waals surface area contributed by atoms with Gasteiger partial charge >= 0.3 is 0 Å². The molecule has 27 heavy (non-hydrogen) atoms. The summed E-state index contributed by atoms with van der Waals surface area (Å²) in [5, 5.41) is 12.4. The maximum Gasteiger partial charge on any atom is 0.235 e. The van der Waals surface area contributed by atoms with Crippen molar-refractivity contribution < 1.29 is 9.59 Å². The van der Waals surface area contributed by atoms with Gasteiger partial charge in [-0.15, -0.1) is 0 Å². The number of rotatable bonds is 5. The van der Waals surface area contributed by atoms with Crippen LogP contribution in [0.25, 0.3) is 0 Å². The van der Waals surface area contributed by atoms with E-state index in [0.29, 0.717) is 6.54 Å². The van der Waals surface area contributed by atoms with Crippen molar-refractivity contribution in [1.82, 2.24) is 10.2 Å². The summed E-state index contributed by atoms with van der Waals surface area (Å²) in [6.07, 6.45) is 5.06. The molecule has 1 saturated carbocycles. The zero-order valence-corrected chi connectivity index (χ0v) is 16.4. The summed E-state index contributed by atoms with van der Waals surface area (Å²) in [5.41, 5.74) is 2.38. The van der Waals surface area contributed by atoms with Gasteiger partial charge in [0.2, 0.25) is 5.91 Å². The van der Waals surface area contributed by atoms with Gasteiger partial charge in [-0.3, -0.25) is 14.5 Å². The van der Waals surface area contributed by atoms with Gasteiger partial charge in [0.05, 0.1) is 12.6 Å². The Morgan fingerprint density at radius 1 is 1.22 bits per heavy atom. The van der Waals surface area contributed by atoms with Crippen molar-refractivity contribution in [1.29, 1.82) is 5.26 Å². The highest BCUT2D eigenvalue weighted by Gasteiger charge is 2.36. The minimum absolute atomic E-state index is 0.0333. The predicted molar refractivity (Wildman–Crippen MR) is 104 cm³/mol. The molecule has 1 aromatic rings. The third-order valence-electron chi connectivity index (χ3n) is 6.02. The summed E-state index contributed by atoms with van der Waals surface area (Å²) in [6.45, 7) is 5.83. The van der Waals surface area contributed by atoms with Crippen LogP contribution in [-0.4, -0.2) is 41.8 Å². The largest absolute Gasteiger partial charge is 0.337 e. The lowest BCUT2D eigenvalue weighted by atomic mass is 9.87. The fourth-order valence-corrected chi connectivity index (χ4v) is 4.42. The molecular formula is C22H29N3O2. The van der Waals surface area contributed by atoms with E-state index in [2.05, 4.69) is 22.4 Å². The molecule has 0 aromatic heterocycles. The van der Waals surface area contributed by atoms with E-state index in [4.69, 9.17) is 0 Å². The monoisotopic (exact) mass is 367 g/mol. The first-order valence-corrected chi connectivity index (χ1v) is 9.98. The van der Waals surface area contributed by atoms with E-state index >= 15 is 0 Å². The van der Waals surface area contributed by atoms with Crippen molar-refractivity contribution in [2.75, 3.05) is 19.6 Å². The van der Waals surface area contributed by atoms with Gasteiger partial charge in [0, 0.05) is 11.5 Å². The molecular weight excluding hydrogens is 338 g/mol. The van der Waals surface area contributed by atoms with Crippen molar-refractivity contribution in [3.63, 3.8) is 0 Å². The highest BCUT2D eigenvalue weighted by molar-refractivity contribution is 5.99. The summed E-state index contributed by atoms with van der Waals surface area (Å²) in [4.78, 5) is 27.3. The van der Waals surface area contributed by atoms with Crippen molar-refractivity contribution in [3.05, 3.63) is 34.9 Å². The number of likely N-dealkylation sites (tertiary alicyclic amines) is 1. The van der Waals surface area contributed by atoms with Crippen LogP contribution in [0, 0.1) is 31.1 Å². The minimum atomic E-state index is -0.658. The number of hydrogen-bond donors (Lipinski definition) is 1. The van der Waals surface area contributed by atoms with E-state index in [-0.39, 0.29) is 17.6 Å². The SMILES string of the molecule is Cc1ccc(C(=O)C2CCN(CC(=O)NC3(C#N)CCCC3)CC2)c(C)c1. The summed E-state index contributed by atoms with van der Waals surface area (Å²) < 4.78 is 0. The van der Waals surface area contributed by atoms with Crippen LogP contribution in [0.3, 0.4) is 0 Å². The Morgan fingerprint density at radius 3 is 2.48 bits per heavy atom. The van der Waals surface area contributed by atoms with Crippen LogP contribution in [0.4, 0.5) is 0 Å². The fraction of sp³-hybridized carbons (Fsp3) is 0.591. The lowest BCUT2D eigenvalue weighted by molar-refractivity contribution is -0.123. The van der Waals surface area contributed by atoms with E-state index in [1.165, 1.54) is 5.56 Å². The van der Waals surface area contributed by atoms with E-state index in [1.54, 1.807) is 0 Å². The van der Waals surface area contributed by atoms with Crippen LogP contribution >= 0.6 is 0 Å². The smallest absolute Gasteiger partial charge is 0.235 e. The molecule has 0 spiro atoms. The number of carbonyl (C=O) groups is 2. The zero-order chi connectivity index (χ0) is 19.4. The Hall–Kier alpha value is -2.19. The lowest BCUT2D eigenvalue weighted by Crippen LogP contribution is -2.50.